The molecular weight excluding hydrogens is 302 g/mol. The zero-order chi connectivity index (χ0) is 15.6. The predicted molar refractivity (Wildman–Crippen MR) is 77.3 cm³/mol. The highest BCUT2D eigenvalue weighted by Crippen LogP contribution is 2.24. The summed E-state index contributed by atoms with van der Waals surface area (Å²) in [7, 11) is -3.78. The molecule has 0 aliphatic heterocycles. The Morgan fingerprint density at radius 2 is 1.80 bits per heavy atom. The summed E-state index contributed by atoms with van der Waals surface area (Å²) in [6.07, 6.45) is -0.281. The third-order valence-electron chi connectivity index (χ3n) is 2.85. The van der Waals surface area contributed by atoms with E-state index >= 15 is 0 Å². The lowest BCUT2D eigenvalue weighted by Crippen LogP contribution is -2.44. The van der Waals surface area contributed by atoms with E-state index in [2.05, 4.69) is 4.72 Å². The van der Waals surface area contributed by atoms with E-state index in [1.807, 2.05) is 0 Å². The van der Waals surface area contributed by atoms with Gasteiger partial charge in [0.15, 0.2) is 0 Å². The molecule has 0 aromatic heterocycles. The second-order valence-electron chi connectivity index (χ2n) is 5.59. The molecule has 0 radical (unpaired) electrons. The highest BCUT2D eigenvalue weighted by atomic mass is 35.5. The molecule has 1 unspecified atom stereocenters. The van der Waals surface area contributed by atoms with Gasteiger partial charge in [0.1, 0.15) is 0 Å². The van der Waals surface area contributed by atoms with Crippen LogP contribution >= 0.6 is 11.6 Å². The monoisotopic (exact) mass is 319 g/mol. The zero-order valence-corrected chi connectivity index (χ0v) is 13.1. The molecule has 0 bridgehead atoms. The third kappa shape index (κ3) is 4.77. The molecule has 0 spiro atoms. The summed E-state index contributed by atoms with van der Waals surface area (Å²) < 4.78 is 26.9. The minimum atomic E-state index is -3.78. The Morgan fingerprint density at radius 1 is 1.30 bits per heavy atom. The van der Waals surface area contributed by atoms with Crippen LogP contribution in [-0.4, -0.2) is 25.5 Å². The van der Waals surface area contributed by atoms with E-state index < -0.39 is 27.4 Å². The van der Waals surface area contributed by atoms with Crippen LogP contribution in [0.15, 0.2) is 29.2 Å². The van der Waals surface area contributed by atoms with Crippen LogP contribution < -0.4 is 4.72 Å². The van der Waals surface area contributed by atoms with E-state index in [4.69, 9.17) is 16.7 Å². The van der Waals surface area contributed by atoms with Crippen molar-refractivity contribution in [2.45, 2.75) is 38.1 Å². The molecule has 0 amide bonds. The summed E-state index contributed by atoms with van der Waals surface area (Å²) in [6.45, 7) is 5.35. The number of hydrogen-bond acceptors (Lipinski definition) is 3. The molecule has 112 valence electrons. The van der Waals surface area contributed by atoms with Crippen LogP contribution in [0.5, 0.6) is 0 Å². The van der Waals surface area contributed by atoms with Crippen molar-refractivity contribution in [3.8, 4) is 0 Å². The molecular formula is C13H18ClNO4S. The highest BCUT2D eigenvalue weighted by Gasteiger charge is 2.31. The van der Waals surface area contributed by atoms with Crippen molar-refractivity contribution in [1.29, 1.82) is 0 Å². The zero-order valence-electron chi connectivity index (χ0n) is 11.6. The van der Waals surface area contributed by atoms with E-state index in [1.165, 1.54) is 24.3 Å². The molecule has 1 rings (SSSR count). The molecule has 0 aliphatic rings. The van der Waals surface area contributed by atoms with Crippen molar-refractivity contribution >= 4 is 27.6 Å². The molecule has 1 atom stereocenters. The Bertz CT molecular complexity index is 575. The number of nitrogens with one attached hydrogen (secondary N) is 1. The van der Waals surface area contributed by atoms with Crippen LogP contribution in [0.3, 0.4) is 0 Å². The fourth-order valence-electron chi connectivity index (χ4n) is 1.57. The Kier molecular flexibility index (Phi) is 5.18. The molecule has 1 aromatic carbocycles. The number of carbonyl (C=O) groups is 1. The van der Waals surface area contributed by atoms with Gasteiger partial charge in [-0.15, -0.1) is 0 Å². The maximum Gasteiger partial charge on any atom is 0.304 e. The number of hydrogen-bond donors (Lipinski definition) is 2. The van der Waals surface area contributed by atoms with Gasteiger partial charge in [0.25, 0.3) is 0 Å². The highest BCUT2D eigenvalue weighted by molar-refractivity contribution is 7.89. The number of benzene rings is 1. The van der Waals surface area contributed by atoms with Gasteiger partial charge in [0, 0.05) is 11.1 Å². The largest absolute Gasteiger partial charge is 0.481 e. The van der Waals surface area contributed by atoms with Gasteiger partial charge < -0.3 is 5.11 Å². The Labute approximate surface area is 124 Å². The first-order valence-electron chi connectivity index (χ1n) is 6.02. The number of carboxylic acids is 1. The van der Waals surface area contributed by atoms with Gasteiger partial charge in [-0.2, -0.15) is 0 Å². The molecule has 1 aromatic rings. The van der Waals surface area contributed by atoms with Gasteiger partial charge in [-0.1, -0.05) is 32.4 Å². The summed E-state index contributed by atoms with van der Waals surface area (Å²) in [6, 6.07) is 5.00. The molecule has 0 aliphatic carbocycles. The molecule has 2 N–H and O–H groups in total. The van der Waals surface area contributed by atoms with Crippen LogP contribution in [0, 0.1) is 5.41 Å². The first-order chi connectivity index (χ1) is 9.02. The molecule has 7 heteroatoms. The smallest absolute Gasteiger partial charge is 0.304 e. The Balaban J connectivity index is 3.03. The summed E-state index contributed by atoms with van der Waals surface area (Å²) in [5, 5.41) is 9.33. The van der Waals surface area contributed by atoms with Crippen molar-refractivity contribution in [2.75, 3.05) is 0 Å². The fourth-order valence-corrected chi connectivity index (χ4v) is 3.14. The van der Waals surface area contributed by atoms with E-state index in [1.54, 1.807) is 20.8 Å². The second-order valence-corrected chi connectivity index (χ2v) is 7.74. The number of halogens is 1. The molecule has 0 heterocycles. The number of rotatable bonds is 5. The Morgan fingerprint density at radius 3 is 2.20 bits per heavy atom. The Hall–Kier alpha value is -1.11. The van der Waals surface area contributed by atoms with Crippen molar-refractivity contribution in [3.63, 3.8) is 0 Å². The third-order valence-corrected chi connectivity index (χ3v) is 4.59. The van der Waals surface area contributed by atoms with E-state index in [-0.39, 0.29) is 11.3 Å². The van der Waals surface area contributed by atoms with E-state index in [0.717, 1.165) is 0 Å². The lowest BCUT2D eigenvalue weighted by molar-refractivity contribution is -0.138. The van der Waals surface area contributed by atoms with Gasteiger partial charge in [0.2, 0.25) is 10.0 Å². The molecule has 0 saturated heterocycles. The van der Waals surface area contributed by atoms with E-state index in [9.17, 15) is 13.2 Å². The summed E-state index contributed by atoms with van der Waals surface area (Å²) >= 11 is 5.72. The first kappa shape index (κ1) is 16.9. The molecule has 20 heavy (non-hydrogen) atoms. The van der Waals surface area contributed by atoms with Gasteiger partial charge in [0.05, 0.1) is 11.3 Å². The van der Waals surface area contributed by atoms with E-state index in [0.29, 0.717) is 5.02 Å². The normalized spacial score (nSPS) is 14.0. The average Bonchev–Trinajstić information content (AvgIpc) is 2.26. The van der Waals surface area contributed by atoms with Crippen molar-refractivity contribution < 1.29 is 18.3 Å². The predicted octanol–water partition coefficient (Wildman–Crippen LogP) is 2.51. The summed E-state index contributed by atoms with van der Waals surface area (Å²) in [4.78, 5) is 10.9. The second kappa shape index (κ2) is 6.11. The van der Waals surface area contributed by atoms with Gasteiger partial charge in [-0.3, -0.25) is 4.79 Å². The lowest BCUT2D eigenvalue weighted by atomic mass is 9.85. The fraction of sp³-hybridized carbons (Fsp3) is 0.462. The van der Waals surface area contributed by atoms with Gasteiger partial charge in [-0.05, 0) is 29.7 Å². The van der Waals surface area contributed by atoms with Crippen LogP contribution in [-0.2, 0) is 14.8 Å². The maximum absolute atomic E-state index is 12.2. The summed E-state index contributed by atoms with van der Waals surface area (Å²) in [5.41, 5.74) is -0.516. The van der Waals surface area contributed by atoms with Gasteiger partial charge in [-0.25, -0.2) is 13.1 Å². The number of carboxylic acid groups (broad SMARTS) is 1. The lowest BCUT2D eigenvalue weighted by Gasteiger charge is -2.30. The summed E-state index contributed by atoms with van der Waals surface area (Å²) in [5.74, 6) is -1.05. The minimum absolute atomic E-state index is 0.0570. The maximum atomic E-state index is 12.2. The van der Waals surface area contributed by atoms with Crippen LogP contribution in [0.1, 0.15) is 27.2 Å². The van der Waals surface area contributed by atoms with Crippen LogP contribution in [0.25, 0.3) is 0 Å². The van der Waals surface area contributed by atoms with Crippen molar-refractivity contribution in [2.24, 2.45) is 5.41 Å². The van der Waals surface area contributed by atoms with Crippen LogP contribution in [0.2, 0.25) is 5.02 Å². The van der Waals surface area contributed by atoms with Crippen LogP contribution in [0.4, 0.5) is 0 Å². The topological polar surface area (TPSA) is 83.5 Å². The minimum Gasteiger partial charge on any atom is -0.481 e. The van der Waals surface area contributed by atoms with Crippen molar-refractivity contribution in [1.82, 2.24) is 4.72 Å². The first-order valence-corrected chi connectivity index (χ1v) is 7.88. The SMILES string of the molecule is CC(C)(C)C(CC(=O)O)NS(=O)(=O)c1ccc(Cl)cc1. The van der Waals surface area contributed by atoms with Crippen molar-refractivity contribution in [3.05, 3.63) is 29.3 Å². The molecule has 0 fully saturated rings. The molecule has 0 saturated carbocycles. The average molecular weight is 320 g/mol. The number of sulfonamides is 1. The standard InChI is InChI=1S/C13H18ClNO4S/c1-13(2,3)11(8-12(16)17)15-20(18,19)10-6-4-9(14)5-7-10/h4-7,11,15H,8H2,1-3H3,(H,16,17). The quantitative estimate of drug-likeness (QED) is 0.873. The van der Waals surface area contributed by atoms with Gasteiger partial charge >= 0.3 is 5.97 Å². The number of aliphatic carboxylic acids is 1. The molecule has 5 nitrogen and oxygen atoms in total.